The molecule has 0 aromatic heterocycles. The molecule has 2 amide bonds. The van der Waals surface area contributed by atoms with Crippen molar-refractivity contribution in [1.82, 2.24) is 5.32 Å². The molecule has 17 heavy (non-hydrogen) atoms. The quantitative estimate of drug-likeness (QED) is 0.766. The summed E-state index contributed by atoms with van der Waals surface area (Å²) in [6.45, 7) is 4.20. The largest absolute Gasteiger partial charge is 0.368 e. The summed E-state index contributed by atoms with van der Waals surface area (Å²) in [5.74, 6) is 0.380. The molecule has 1 atom stereocenters. The van der Waals surface area contributed by atoms with Crippen molar-refractivity contribution in [3.8, 4) is 0 Å². The lowest BCUT2D eigenvalue weighted by Gasteiger charge is -2.26. The molecule has 0 saturated heterocycles. The van der Waals surface area contributed by atoms with E-state index < -0.39 is 11.9 Å². The minimum Gasteiger partial charge on any atom is -0.368 e. The van der Waals surface area contributed by atoms with Gasteiger partial charge in [-0.25, -0.2) is 0 Å². The molecule has 0 radical (unpaired) electrons. The first kappa shape index (κ1) is 14.0. The molecular weight excluding hydrogens is 216 g/mol. The monoisotopic (exact) mass is 240 g/mol. The predicted octanol–water partition coefficient (Wildman–Crippen LogP) is 1.58. The van der Waals surface area contributed by atoms with Gasteiger partial charge in [0.05, 0.1) is 0 Å². The lowest BCUT2D eigenvalue weighted by molar-refractivity contribution is -0.130. The number of amides is 2. The van der Waals surface area contributed by atoms with Gasteiger partial charge in [0.15, 0.2) is 0 Å². The minimum absolute atomic E-state index is 0.00847. The zero-order valence-corrected chi connectivity index (χ0v) is 10.9. The summed E-state index contributed by atoms with van der Waals surface area (Å²) in [5, 5.41) is 2.79. The van der Waals surface area contributed by atoms with E-state index in [1.807, 2.05) is 6.92 Å². The highest BCUT2D eigenvalue weighted by atomic mass is 16.2. The molecule has 0 spiro atoms. The average Bonchev–Trinajstić information content (AvgIpc) is 2.29. The average molecular weight is 240 g/mol. The van der Waals surface area contributed by atoms with Gasteiger partial charge < -0.3 is 11.1 Å². The Bertz CT molecular complexity index is 271. The van der Waals surface area contributed by atoms with Crippen LogP contribution in [0.25, 0.3) is 0 Å². The zero-order valence-electron chi connectivity index (χ0n) is 10.9. The fourth-order valence-corrected chi connectivity index (χ4v) is 2.39. The maximum atomic E-state index is 12.0. The first-order chi connectivity index (χ1) is 8.04. The topological polar surface area (TPSA) is 72.2 Å². The number of hydrogen-bond donors (Lipinski definition) is 2. The molecule has 98 valence electrons. The van der Waals surface area contributed by atoms with E-state index in [0.29, 0.717) is 6.42 Å². The van der Waals surface area contributed by atoms with Crippen LogP contribution in [0.5, 0.6) is 0 Å². The maximum Gasteiger partial charge on any atom is 0.239 e. The Labute approximate surface area is 103 Å². The van der Waals surface area contributed by atoms with Gasteiger partial charge in [-0.15, -0.1) is 0 Å². The molecule has 0 aliphatic heterocycles. The van der Waals surface area contributed by atoms with Crippen LogP contribution in [-0.2, 0) is 9.59 Å². The summed E-state index contributed by atoms with van der Waals surface area (Å²) in [6.07, 6.45) is 5.55. The number of nitrogens with one attached hydrogen (secondary N) is 1. The van der Waals surface area contributed by atoms with Gasteiger partial charge in [0.2, 0.25) is 11.8 Å². The van der Waals surface area contributed by atoms with Gasteiger partial charge in [-0.2, -0.15) is 0 Å². The number of hydrogen-bond acceptors (Lipinski definition) is 2. The molecule has 0 aromatic carbocycles. The van der Waals surface area contributed by atoms with Gasteiger partial charge in [0.25, 0.3) is 0 Å². The summed E-state index contributed by atoms with van der Waals surface area (Å²) in [4.78, 5) is 23.1. The molecule has 1 aliphatic rings. The fourth-order valence-electron chi connectivity index (χ4n) is 2.39. The van der Waals surface area contributed by atoms with Gasteiger partial charge in [0.1, 0.15) is 6.04 Å². The number of carbonyl (C=O) groups is 2. The van der Waals surface area contributed by atoms with E-state index in [-0.39, 0.29) is 11.8 Å². The normalized spacial score (nSPS) is 26.2. The third-order valence-corrected chi connectivity index (χ3v) is 3.62. The van der Waals surface area contributed by atoms with Crippen molar-refractivity contribution < 1.29 is 9.59 Å². The van der Waals surface area contributed by atoms with Crippen molar-refractivity contribution in [1.29, 1.82) is 0 Å². The number of rotatable bonds is 5. The molecule has 1 saturated carbocycles. The summed E-state index contributed by atoms with van der Waals surface area (Å²) in [5.41, 5.74) is 5.27. The first-order valence-corrected chi connectivity index (χ1v) is 6.64. The molecule has 1 rings (SSSR count). The second-order valence-electron chi connectivity index (χ2n) is 5.21. The van der Waals surface area contributed by atoms with Crippen LogP contribution in [0, 0.1) is 11.8 Å². The van der Waals surface area contributed by atoms with Crippen LogP contribution in [-0.4, -0.2) is 17.9 Å². The van der Waals surface area contributed by atoms with E-state index in [1.54, 1.807) is 0 Å². The van der Waals surface area contributed by atoms with Gasteiger partial charge in [-0.1, -0.05) is 20.3 Å². The number of nitrogens with two attached hydrogens (primary N) is 1. The van der Waals surface area contributed by atoms with Crippen LogP contribution >= 0.6 is 0 Å². The molecule has 1 fully saturated rings. The molecule has 0 bridgehead atoms. The standard InChI is InChI=1S/C13H24N2O2/c1-3-4-11(12(14)16)15-13(17)10-7-5-9(2)6-8-10/h9-11H,3-8H2,1-2H3,(H2,14,16)(H,15,17). The van der Waals surface area contributed by atoms with Crippen LogP contribution < -0.4 is 11.1 Å². The van der Waals surface area contributed by atoms with Gasteiger partial charge in [-0.05, 0) is 38.0 Å². The Balaban J connectivity index is 2.44. The highest BCUT2D eigenvalue weighted by Crippen LogP contribution is 2.28. The molecule has 0 heterocycles. The van der Waals surface area contributed by atoms with Crippen LogP contribution in [0.4, 0.5) is 0 Å². The molecule has 1 unspecified atom stereocenters. The maximum absolute atomic E-state index is 12.0. The van der Waals surface area contributed by atoms with E-state index in [4.69, 9.17) is 5.73 Å². The van der Waals surface area contributed by atoms with E-state index in [2.05, 4.69) is 12.2 Å². The second-order valence-corrected chi connectivity index (χ2v) is 5.21. The van der Waals surface area contributed by atoms with Crippen molar-refractivity contribution in [3.63, 3.8) is 0 Å². The lowest BCUT2D eigenvalue weighted by atomic mass is 9.82. The van der Waals surface area contributed by atoms with Crippen LogP contribution in [0.2, 0.25) is 0 Å². The lowest BCUT2D eigenvalue weighted by Crippen LogP contribution is -2.47. The van der Waals surface area contributed by atoms with Gasteiger partial charge in [-0.3, -0.25) is 9.59 Å². The Kier molecular flexibility index (Phi) is 5.45. The smallest absolute Gasteiger partial charge is 0.239 e. The van der Waals surface area contributed by atoms with Crippen molar-refractivity contribution in [2.24, 2.45) is 17.6 Å². The van der Waals surface area contributed by atoms with Crippen LogP contribution in [0.1, 0.15) is 52.4 Å². The SMILES string of the molecule is CCCC(NC(=O)C1CCC(C)CC1)C(N)=O. The number of carbonyl (C=O) groups excluding carboxylic acids is 2. The van der Waals surface area contributed by atoms with Crippen molar-refractivity contribution in [3.05, 3.63) is 0 Å². The minimum atomic E-state index is -0.494. The predicted molar refractivity (Wildman–Crippen MR) is 67.2 cm³/mol. The highest BCUT2D eigenvalue weighted by molar-refractivity contribution is 5.87. The van der Waals surface area contributed by atoms with E-state index in [9.17, 15) is 9.59 Å². The Morgan fingerprint density at radius 1 is 1.29 bits per heavy atom. The Hall–Kier alpha value is -1.06. The van der Waals surface area contributed by atoms with Gasteiger partial charge in [0, 0.05) is 5.92 Å². The third kappa shape index (κ3) is 4.36. The molecular formula is C13H24N2O2. The number of primary amides is 1. The summed E-state index contributed by atoms with van der Waals surface area (Å²) in [6, 6.07) is -0.494. The molecule has 1 aliphatic carbocycles. The summed E-state index contributed by atoms with van der Waals surface area (Å²) >= 11 is 0. The van der Waals surface area contributed by atoms with Gasteiger partial charge >= 0.3 is 0 Å². The molecule has 4 nitrogen and oxygen atoms in total. The van der Waals surface area contributed by atoms with Crippen LogP contribution in [0.15, 0.2) is 0 Å². The highest BCUT2D eigenvalue weighted by Gasteiger charge is 2.26. The fraction of sp³-hybridized carbons (Fsp3) is 0.846. The van der Waals surface area contributed by atoms with Crippen molar-refractivity contribution in [2.75, 3.05) is 0 Å². The summed E-state index contributed by atoms with van der Waals surface area (Å²) in [7, 11) is 0. The Morgan fingerprint density at radius 3 is 2.35 bits per heavy atom. The molecule has 3 N–H and O–H groups in total. The van der Waals surface area contributed by atoms with Crippen molar-refractivity contribution in [2.45, 2.75) is 58.4 Å². The third-order valence-electron chi connectivity index (χ3n) is 3.62. The van der Waals surface area contributed by atoms with E-state index in [1.165, 1.54) is 0 Å². The van der Waals surface area contributed by atoms with Crippen LogP contribution in [0.3, 0.4) is 0 Å². The molecule has 0 aromatic rings. The molecule has 4 heteroatoms. The second kappa shape index (κ2) is 6.62. The zero-order chi connectivity index (χ0) is 12.8. The first-order valence-electron chi connectivity index (χ1n) is 6.64. The Morgan fingerprint density at radius 2 is 1.88 bits per heavy atom. The summed E-state index contributed by atoms with van der Waals surface area (Å²) < 4.78 is 0. The van der Waals surface area contributed by atoms with E-state index in [0.717, 1.165) is 38.0 Å². The van der Waals surface area contributed by atoms with Crippen molar-refractivity contribution >= 4 is 11.8 Å². The van der Waals surface area contributed by atoms with E-state index >= 15 is 0 Å².